The van der Waals surface area contributed by atoms with Crippen LogP contribution in [0.1, 0.15) is 211 Å². The third-order valence-electron chi connectivity index (χ3n) is 24.8. The Hall–Kier alpha value is -10.2. The number of amides is 4. The number of hydrogen-bond donors (Lipinski definition) is 12. The molecule has 8 heterocycles. The number of sulfonamides is 4. The van der Waals surface area contributed by atoms with Crippen molar-refractivity contribution >= 4 is 184 Å². The first-order chi connectivity index (χ1) is 67.3. The van der Waals surface area contributed by atoms with Gasteiger partial charge in [-0.1, -0.05) is 148 Å². The second kappa shape index (κ2) is 43.6. The summed E-state index contributed by atoms with van der Waals surface area (Å²) in [5, 5.41) is 58.3. The highest BCUT2D eigenvalue weighted by Crippen LogP contribution is 2.59. The molecule has 0 saturated carbocycles. The highest BCUT2D eigenvalue weighted by Gasteiger charge is 2.57. The molecule has 810 valence electrons. The van der Waals surface area contributed by atoms with E-state index in [2.05, 4.69) is 142 Å². The number of carbonyl (C=O) groups excluding carboxylic acids is 4. The Morgan fingerprint density at radius 1 is 0.388 bits per heavy atom. The molecular weight excluding hydrogens is 2050 g/mol. The van der Waals surface area contributed by atoms with E-state index in [9.17, 15) is 91.5 Å². The lowest BCUT2D eigenvalue weighted by atomic mass is 9.84. The minimum Gasteiger partial charge on any atom is -0.509 e. The van der Waals surface area contributed by atoms with Crippen molar-refractivity contribution < 1.29 is 110 Å². The fraction of sp³-hybridized carbons (Fsp3) is 0.535. The Morgan fingerprint density at radius 2 is 0.660 bits per heavy atom. The molecule has 0 bridgehead atoms. The van der Waals surface area contributed by atoms with Gasteiger partial charge in [0.05, 0.1) is 113 Å². The molecule has 7 atom stereocenters. The normalized spacial score (nSPS) is 23.2. The summed E-state index contributed by atoms with van der Waals surface area (Å²) in [6.07, 6.45) is 7.83. The van der Waals surface area contributed by atoms with E-state index in [0.717, 1.165) is 49.8 Å². The lowest BCUT2D eigenvalue weighted by Gasteiger charge is -2.38. The van der Waals surface area contributed by atoms with Gasteiger partial charge in [0.25, 0.3) is 23.6 Å². The third kappa shape index (κ3) is 28.2. The van der Waals surface area contributed by atoms with Gasteiger partial charge >= 0.3 is 30.1 Å². The minimum absolute atomic E-state index is 0.0172. The molecule has 0 aliphatic carbocycles. The van der Waals surface area contributed by atoms with Gasteiger partial charge in [-0.25, -0.2) is 33.7 Å². The lowest BCUT2D eigenvalue weighted by Crippen LogP contribution is -2.49. The molecule has 0 spiro atoms. The first-order valence-electron chi connectivity index (χ1n) is 48.3. The molecule has 0 aromatic heterocycles. The van der Waals surface area contributed by atoms with Crippen molar-refractivity contribution in [2.24, 2.45) is 52.0 Å². The van der Waals surface area contributed by atoms with Crippen LogP contribution in [0, 0.1) is 33.0 Å². The molecule has 5 aromatic rings. The fourth-order valence-corrected chi connectivity index (χ4v) is 27.2. The van der Waals surface area contributed by atoms with Crippen molar-refractivity contribution in [1.29, 1.82) is 0 Å². The smallest absolute Gasteiger partial charge is 0.348 e. The number of benzene rings is 5. The summed E-state index contributed by atoms with van der Waals surface area (Å²) in [5.74, 6) is -2.16. The summed E-state index contributed by atoms with van der Waals surface area (Å²) >= 11 is 0. The summed E-state index contributed by atoms with van der Waals surface area (Å²) < 4.78 is 198. The summed E-state index contributed by atoms with van der Waals surface area (Å²) in [5.41, 5.74) is -0.610. The van der Waals surface area contributed by atoms with Crippen LogP contribution in [0.25, 0.3) is 0 Å². The Kier molecular flexibility index (Phi) is 35.2. The van der Waals surface area contributed by atoms with E-state index in [4.69, 9.17) is 18.1 Å². The summed E-state index contributed by atoms with van der Waals surface area (Å²) in [6.45, 7) is 50.7. The number of nitrogens with one attached hydrogen (secondary N) is 8. The van der Waals surface area contributed by atoms with Crippen molar-refractivity contribution in [3.8, 4) is 0 Å². The maximum absolute atomic E-state index is 14.1. The first-order valence-corrected chi connectivity index (χ1v) is 62.2. The van der Waals surface area contributed by atoms with Crippen LogP contribution in [0.5, 0.6) is 0 Å². The van der Waals surface area contributed by atoms with Crippen LogP contribution in [0.3, 0.4) is 0 Å². The maximum Gasteiger partial charge on any atom is 0.348 e. The van der Waals surface area contributed by atoms with Gasteiger partial charge in [0.15, 0.2) is 23.3 Å². The molecule has 4 amide bonds. The van der Waals surface area contributed by atoms with Gasteiger partial charge in [-0.05, 0) is 199 Å². The van der Waals surface area contributed by atoms with E-state index in [1.165, 1.54) is 54.6 Å². The number of anilines is 8. The van der Waals surface area contributed by atoms with Gasteiger partial charge in [-0.3, -0.25) is 56.3 Å². The zero-order valence-electron chi connectivity index (χ0n) is 89.3. The van der Waals surface area contributed by atoms with E-state index in [1.807, 2.05) is 78.8 Å². The second-order valence-electron chi connectivity index (χ2n) is 44.7. The zero-order chi connectivity index (χ0) is 110. The van der Waals surface area contributed by atoms with Crippen LogP contribution in [0.15, 0.2) is 168 Å². The van der Waals surface area contributed by atoms with Crippen LogP contribution < -0.4 is 61.4 Å². The molecular formula is C99H146N16O24P4S4. The lowest BCUT2D eigenvalue weighted by molar-refractivity contribution is -0.130. The number of aliphatic hydroxyl groups is 4. The average molecular weight is 2200 g/mol. The molecule has 7 unspecified atom stereocenters. The monoisotopic (exact) mass is 2190 g/mol. The Bertz CT molecular complexity index is 6970. The summed E-state index contributed by atoms with van der Waals surface area (Å²) in [4.78, 5) is 61.5. The summed E-state index contributed by atoms with van der Waals surface area (Å²) in [6, 6.07) is 26.8. The Labute approximate surface area is 865 Å². The average Bonchev–Trinajstić information content (AvgIpc) is 1.62. The molecule has 0 fully saturated rings. The predicted octanol–water partition coefficient (Wildman–Crippen LogP) is 17.3. The third-order valence-corrected chi connectivity index (χ3v) is 35.4. The van der Waals surface area contributed by atoms with Crippen LogP contribution in [-0.2, 0) is 102 Å². The molecule has 0 radical (unpaired) electrons. The number of fused-ring (bicyclic) bond motifs is 4. The Morgan fingerprint density at radius 3 is 0.946 bits per heavy atom. The molecule has 40 nitrogen and oxygen atoms in total. The summed E-state index contributed by atoms with van der Waals surface area (Å²) in [7, 11) is -29.9. The number of nitrogens with zero attached hydrogens (tertiary/aromatic N) is 8. The van der Waals surface area contributed by atoms with Crippen molar-refractivity contribution in [3.05, 3.63) is 154 Å². The topological polar surface area (TPSA) is 550 Å². The largest absolute Gasteiger partial charge is 0.509 e. The van der Waals surface area contributed by atoms with Crippen LogP contribution >= 0.6 is 30.1 Å². The van der Waals surface area contributed by atoms with Crippen molar-refractivity contribution in [2.75, 3.05) is 118 Å². The van der Waals surface area contributed by atoms with Gasteiger partial charge in [0.2, 0.25) is 40.1 Å². The standard InChI is InChI=1S/C28H37N4O6PS.C25H39N4O6PS.C24H37N4O6PS.C22H33N4O6PS/c1-7-38-39(35)22-17-20(31-40(6,36)37)13-14-21(22)29-25(30-39)23-24(33)28(5,18-19-11-9-8-10-12-19)32(26(23)34)16-15-27(2,3)4;1-9-35-36(32)19-14-17(28-37(8,33)34)10-11-18(19)26-22(27-36)20-21(30)25(7,15-16(2)3)29(23(20)31)13-12-24(4,5)6;1-9-34-35(31)17-14-15(27-36(8,32)33)10-11-16(17)25-21(26-35)18-19(29)20(24(5,6)7)28(22(18)30)13-12-23(2,3)4;1-8-32-33(29)16-13-14(25-34(7,30)31)9-10-15(16)23-19(24-33)17-18(27)22(5,6)26(20(17)28)12-11-21(2,3)4/h8-14,17,31,33H,7,15-16,18H2,1-6H3,(H,29,30,35);10-11,14,16,28,30H,9,12-13,15H2,1-8H3,(H,26,27,32);10-11,14,20,27,29H,9,12-13H2,1-8H3,(H,25,26,31);9-10,13,25,27H,8,11-12H2,1-7H3,(H,23,24,29). The molecule has 0 saturated heterocycles. The van der Waals surface area contributed by atoms with E-state index < -0.39 is 122 Å². The number of carbonyl (C=O) groups is 4. The molecule has 147 heavy (non-hydrogen) atoms. The van der Waals surface area contributed by atoms with E-state index in [1.54, 1.807) is 79.3 Å². The maximum atomic E-state index is 14.1. The Balaban J connectivity index is 0.000000201. The van der Waals surface area contributed by atoms with Gasteiger partial charge < -0.3 is 79.4 Å². The minimum atomic E-state index is -3.95. The van der Waals surface area contributed by atoms with E-state index >= 15 is 0 Å². The van der Waals surface area contributed by atoms with Crippen molar-refractivity contribution in [2.45, 2.75) is 234 Å². The van der Waals surface area contributed by atoms with Crippen molar-refractivity contribution in [1.82, 2.24) is 19.6 Å². The molecule has 8 aliphatic rings. The highest BCUT2D eigenvalue weighted by molar-refractivity contribution is 7.92. The van der Waals surface area contributed by atoms with Gasteiger partial charge in [-0.15, -0.1) is 0 Å². The molecule has 8 aliphatic heterocycles. The highest BCUT2D eigenvalue weighted by atomic mass is 32.2. The van der Waals surface area contributed by atoms with E-state index in [-0.39, 0.29) is 167 Å². The fourth-order valence-electron chi connectivity index (χ4n) is 17.8. The van der Waals surface area contributed by atoms with Gasteiger partial charge in [0.1, 0.15) is 50.9 Å². The number of hydrogen-bond acceptors (Lipinski definition) is 28. The van der Waals surface area contributed by atoms with Crippen LogP contribution in [0.4, 0.5) is 45.5 Å². The van der Waals surface area contributed by atoms with Crippen LogP contribution in [-0.4, -0.2) is 221 Å². The van der Waals surface area contributed by atoms with Gasteiger partial charge in [-0.2, -0.15) is 19.1 Å². The van der Waals surface area contributed by atoms with Crippen LogP contribution in [0.2, 0.25) is 0 Å². The quantitative estimate of drug-likeness (QED) is 0.0178. The number of aliphatic hydroxyl groups excluding tert-OH is 4. The second-order valence-corrected chi connectivity index (χ2v) is 59.6. The van der Waals surface area contributed by atoms with Crippen molar-refractivity contribution in [3.63, 3.8) is 0 Å². The van der Waals surface area contributed by atoms with Gasteiger partial charge in [0, 0.05) is 55.3 Å². The first kappa shape index (κ1) is 119. The predicted molar refractivity (Wildman–Crippen MR) is 585 cm³/mol. The number of amidine groups is 4. The van der Waals surface area contributed by atoms with E-state index in [0.29, 0.717) is 68.2 Å². The SMILES string of the molecule is CCOP1(=O)N=C(C2=C(O)C(C(C)(C)C)N(CCC(C)(C)C)C2=O)Nc2ccc(NS(C)(=O)=O)cc21.CCOP1(=O)N=C(C2=C(O)C(C)(C)N(CCC(C)(C)C)C2=O)Nc2ccc(NS(C)(=O)=O)cc21.CCOP1(=O)N=C(C2=C(O)C(C)(CC(C)C)N(CCC(C)(C)C)C2=O)Nc2ccc(NS(C)(=O)=O)cc21.CCOP1(=O)N=C(C2=C(O)C(C)(Cc3ccccc3)N(CCC(C)(C)C)C2=O)Nc2ccc(NS(C)(=O)=O)cc21. The molecule has 12 N–H and O–H groups in total. The number of rotatable bonds is 32. The molecule has 5 aromatic carbocycles. The molecule has 13 rings (SSSR count). The molecule has 48 heteroatoms. The zero-order valence-corrected chi connectivity index (χ0v) is 96.2.